The van der Waals surface area contributed by atoms with E-state index in [1.165, 1.54) is 12.8 Å². The number of rotatable bonds is 2. The van der Waals surface area contributed by atoms with Gasteiger partial charge in [-0.2, -0.15) is 5.10 Å². The number of nitrogens with zero attached hydrogens (tertiary/aromatic N) is 1. The number of aromatic amines is 1. The molecule has 1 amide bonds. The third-order valence-electron chi connectivity index (χ3n) is 1.95. The van der Waals surface area contributed by atoms with E-state index in [0.29, 0.717) is 11.6 Å². The van der Waals surface area contributed by atoms with E-state index in [4.69, 9.17) is 5.73 Å². The van der Waals surface area contributed by atoms with E-state index in [1.807, 2.05) is 0 Å². The minimum Gasteiger partial charge on any atom is -0.364 e. The molecule has 1 heterocycles. The molecule has 0 atom stereocenters. The van der Waals surface area contributed by atoms with Crippen molar-refractivity contribution in [3.05, 3.63) is 15.9 Å². The predicted molar refractivity (Wildman–Crippen MR) is 46.8 cm³/mol. The summed E-state index contributed by atoms with van der Waals surface area (Å²) >= 11 is 3.30. The van der Waals surface area contributed by atoms with Gasteiger partial charge in [0.15, 0.2) is 5.69 Å². The number of nitrogens with two attached hydrogens (primary N) is 1. The number of hydrogen-bond acceptors (Lipinski definition) is 2. The minimum atomic E-state index is -0.495. The average Bonchev–Trinajstić information content (AvgIpc) is 2.75. The first kappa shape index (κ1) is 7.79. The van der Waals surface area contributed by atoms with Gasteiger partial charge in [-0.05, 0) is 28.8 Å². The van der Waals surface area contributed by atoms with E-state index in [2.05, 4.69) is 26.1 Å². The Hall–Kier alpha value is -0.840. The van der Waals surface area contributed by atoms with E-state index >= 15 is 0 Å². The highest BCUT2D eigenvalue weighted by atomic mass is 79.9. The van der Waals surface area contributed by atoms with Crippen LogP contribution >= 0.6 is 15.9 Å². The monoisotopic (exact) mass is 229 g/mol. The zero-order valence-corrected chi connectivity index (χ0v) is 7.89. The van der Waals surface area contributed by atoms with Crippen molar-refractivity contribution in [1.29, 1.82) is 0 Å². The van der Waals surface area contributed by atoms with Gasteiger partial charge in [0, 0.05) is 5.92 Å². The van der Waals surface area contributed by atoms with Gasteiger partial charge in [0.05, 0.1) is 10.2 Å². The highest BCUT2D eigenvalue weighted by Gasteiger charge is 2.29. The summed E-state index contributed by atoms with van der Waals surface area (Å²) in [6, 6.07) is 0. The van der Waals surface area contributed by atoms with Crippen molar-refractivity contribution in [3.63, 3.8) is 0 Å². The number of H-pyrrole nitrogens is 1. The van der Waals surface area contributed by atoms with Crippen LogP contribution in [0.3, 0.4) is 0 Å². The van der Waals surface area contributed by atoms with Crippen LogP contribution in [0.5, 0.6) is 0 Å². The molecule has 1 aromatic heterocycles. The van der Waals surface area contributed by atoms with Crippen LogP contribution in [-0.4, -0.2) is 16.1 Å². The van der Waals surface area contributed by atoms with Gasteiger partial charge in [0.2, 0.25) is 0 Å². The number of amides is 1. The standard InChI is InChI=1S/C7H8BrN3O/c8-4-5(3-1-2-3)10-11-6(4)7(9)12/h3H,1-2H2,(H2,9,12)(H,10,11). The largest absolute Gasteiger partial charge is 0.364 e. The summed E-state index contributed by atoms with van der Waals surface area (Å²) in [5.41, 5.74) is 6.40. The quantitative estimate of drug-likeness (QED) is 0.799. The normalized spacial score (nSPS) is 16.4. The molecule has 1 fully saturated rings. The molecule has 0 spiro atoms. The maximum absolute atomic E-state index is 10.8. The molecule has 1 aliphatic rings. The van der Waals surface area contributed by atoms with Crippen LogP contribution < -0.4 is 5.73 Å². The smallest absolute Gasteiger partial charge is 0.270 e. The van der Waals surface area contributed by atoms with E-state index < -0.39 is 5.91 Å². The maximum Gasteiger partial charge on any atom is 0.270 e. The van der Waals surface area contributed by atoms with E-state index in [1.54, 1.807) is 0 Å². The Morgan fingerprint density at radius 3 is 2.75 bits per heavy atom. The van der Waals surface area contributed by atoms with Gasteiger partial charge in [-0.25, -0.2) is 0 Å². The number of halogens is 1. The maximum atomic E-state index is 10.8. The van der Waals surface area contributed by atoms with Crippen LogP contribution in [0.15, 0.2) is 4.47 Å². The lowest BCUT2D eigenvalue weighted by molar-refractivity contribution is 0.0995. The van der Waals surface area contributed by atoms with Crippen molar-refractivity contribution in [3.8, 4) is 0 Å². The van der Waals surface area contributed by atoms with Crippen molar-refractivity contribution < 1.29 is 4.79 Å². The Bertz CT molecular complexity index is 329. The molecule has 1 aromatic rings. The number of carbonyl (C=O) groups is 1. The summed E-state index contributed by atoms with van der Waals surface area (Å²) in [5, 5.41) is 6.65. The van der Waals surface area contributed by atoms with Gasteiger partial charge in [-0.3, -0.25) is 9.89 Å². The van der Waals surface area contributed by atoms with Crippen LogP contribution in [-0.2, 0) is 0 Å². The lowest BCUT2D eigenvalue weighted by atomic mass is 10.2. The highest BCUT2D eigenvalue weighted by Crippen LogP contribution is 2.42. The van der Waals surface area contributed by atoms with Crippen LogP contribution in [0.1, 0.15) is 34.9 Å². The number of nitrogens with one attached hydrogen (secondary N) is 1. The van der Waals surface area contributed by atoms with Gasteiger partial charge in [0.1, 0.15) is 0 Å². The molecule has 0 saturated heterocycles. The number of primary amides is 1. The first-order chi connectivity index (χ1) is 5.70. The molecule has 1 saturated carbocycles. The van der Waals surface area contributed by atoms with Gasteiger partial charge < -0.3 is 5.73 Å². The fraction of sp³-hybridized carbons (Fsp3) is 0.429. The van der Waals surface area contributed by atoms with Crippen molar-refractivity contribution in [1.82, 2.24) is 10.2 Å². The lowest BCUT2D eigenvalue weighted by Crippen LogP contribution is -2.11. The molecule has 64 valence electrons. The third-order valence-corrected chi connectivity index (χ3v) is 2.75. The summed E-state index contributed by atoms with van der Waals surface area (Å²) < 4.78 is 0.734. The van der Waals surface area contributed by atoms with Crippen molar-refractivity contribution in [2.45, 2.75) is 18.8 Å². The summed E-state index contributed by atoms with van der Waals surface area (Å²) in [4.78, 5) is 10.8. The second kappa shape index (κ2) is 2.58. The molecule has 4 nitrogen and oxygen atoms in total. The van der Waals surface area contributed by atoms with Crippen molar-refractivity contribution >= 4 is 21.8 Å². The first-order valence-electron chi connectivity index (χ1n) is 3.73. The van der Waals surface area contributed by atoms with E-state index in [0.717, 1.165) is 10.2 Å². The Morgan fingerprint density at radius 2 is 2.33 bits per heavy atom. The van der Waals surface area contributed by atoms with Crippen LogP contribution in [0.25, 0.3) is 0 Å². The fourth-order valence-electron chi connectivity index (χ4n) is 1.15. The molecule has 12 heavy (non-hydrogen) atoms. The zero-order chi connectivity index (χ0) is 8.72. The first-order valence-corrected chi connectivity index (χ1v) is 4.53. The number of carbonyl (C=O) groups excluding carboxylic acids is 1. The van der Waals surface area contributed by atoms with Crippen molar-refractivity contribution in [2.75, 3.05) is 0 Å². The van der Waals surface area contributed by atoms with Gasteiger partial charge in [-0.1, -0.05) is 0 Å². The predicted octanol–water partition coefficient (Wildman–Crippen LogP) is 1.15. The topological polar surface area (TPSA) is 71.8 Å². The molecule has 0 aliphatic heterocycles. The number of hydrogen-bond donors (Lipinski definition) is 2. The molecule has 0 bridgehead atoms. The number of aromatic nitrogens is 2. The molecular formula is C7H8BrN3O. The minimum absolute atomic E-state index is 0.303. The SMILES string of the molecule is NC(=O)c1n[nH]c(C2CC2)c1Br. The summed E-state index contributed by atoms with van der Waals surface area (Å²) in [6.45, 7) is 0. The Morgan fingerprint density at radius 1 is 1.67 bits per heavy atom. The second-order valence-corrected chi connectivity index (χ2v) is 3.73. The molecule has 0 radical (unpaired) electrons. The zero-order valence-electron chi connectivity index (χ0n) is 6.30. The summed E-state index contributed by atoms with van der Waals surface area (Å²) in [5.74, 6) is 0.0463. The molecule has 3 N–H and O–H groups in total. The van der Waals surface area contributed by atoms with Gasteiger partial charge >= 0.3 is 0 Å². The fourth-order valence-corrected chi connectivity index (χ4v) is 1.84. The summed E-state index contributed by atoms with van der Waals surface area (Å²) in [6.07, 6.45) is 2.33. The summed E-state index contributed by atoms with van der Waals surface area (Å²) in [7, 11) is 0. The molecular weight excluding hydrogens is 222 g/mol. The Kier molecular flexibility index (Phi) is 1.68. The Labute approximate surface area is 77.7 Å². The third kappa shape index (κ3) is 1.14. The lowest BCUT2D eigenvalue weighted by Gasteiger charge is -1.91. The van der Waals surface area contributed by atoms with Crippen LogP contribution in [0.2, 0.25) is 0 Å². The molecule has 1 aliphatic carbocycles. The molecule has 5 heteroatoms. The highest BCUT2D eigenvalue weighted by molar-refractivity contribution is 9.10. The average molecular weight is 230 g/mol. The van der Waals surface area contributed by atoms with E-state index in [-0.39, 0.29) is 0 Å². The van der Waals surface area contributed by atoms with E-state index in [9.17, 15) is 4.79 Å². The van der Waals surface area contributed by atoms with Crippen LogP contribution in [0, 0.1) is 0 Å². The Balaban J connectivity index is 2.39. The molecule has 2 rings (SSSR count). The van der Waals surface area contributed by atoms with Gasteiger partial charge in [-0.15, -0.1) is 0 Å². The molecule has 0 aromatic carbocycles. The van der Waals surface area contributed by atoms with Crippen molar-refractivity contribution in [2.24, 2.45) is 5.73 Å². The molecule has 0 unspecified atom stereocenters. The van der Waals surface area contributed by atoms with Crippen LogP contribution in [0.4, 0.5) is 0 Å². The van der Waals surface area contributed by atoms with Gasteiger partial charge in [0.25, 0.3) is 5.91 Å². The second-order valence-electron chi connectivity index (χ2n) is 2.94.